The molecule has 3 aliphatic rings. The second-order valence-corrected chi connectivity index (χ2v) is 24.3. The van der Waals surface area contributed by atoms with Crippen LogP contribution in [0.2, 0.25) is 0 Å². The van der Waals surface area contributed by atoms with Gasteiger partial charge in [0.1, 0.15) is 11.2 Å². The highest BCUT2D eigenvalue weighted by molar-refractivity contribution is 7.99. The summed E-state index contributed by atoms with van der Waals surface area (Å²) < 4.78 is 9.47. The van der Waals surface area contributed by atoms with Crippen molar-refractivity contribution in [2.45, 2.75) is 34.5 Å². The van der Waals surface area contributed by atoms with E-state index in [-0.39, 0.29) is 5.41 Å². The van der Waals surface area contributed by atoms with Crippen molar-refractivity contribution in [3.63, 3.8) is 0 Å². The molecule has 0 saturated carbocycles. The molecular weight excluding hydrogens is 1010 g/mol. The molecule has 0 bridgehead atoms. The van der Waals surface area contributed by atoms with Gasteiger partial charge in [-0.05, 0) is 132 Å². The van der Waals surface area contributed by atoms with E-state index in [1.165, 1.54) is 108 Å². The van der Waals surface area contributed by atoms with Gasteiger partial charge in [-0.1, -0.05) is 238 Å². The lowest BCUT2D eigenvalue weighted by Gasteiger charge is -2.40. The summed E-state index contributed by atoms with van der Waals surface area (Å²) in [4.78, 5) is 5.17. The van der Waals surface area contributed by atoms with E-state index >= 15 is 0 Å². The Morgan fingerprint density at radius 2 is 0.988 bits per heavy atom. The van der Waals surface area contributed by atoms with E-state index in [0.29, 0.717) is 0 Å². The summed E-state index contributed by atoms with van der Waals surface area (Å²) in [5.74, 6) is 0. The van der Waals surface area contributed by atoms with E-state index in [2.05, 4.69) is 280 Å². The van der Waals surface area contributed by atoms with Crippen LogP contribution >= 0.6 is 23.1 Å². The van der Waals surface area contributed by atoms with Crippen molar-refractivity contribution in [3.8, 4) is 55.6 Å². The Kier molecular flexibility index (Phi) is 9.82. The van der Waals surface area contributed by atoms with E-state index in [1.54, 1.807) is 0 Å². The lowest BCUT2D eigenvalue weighted by molar-refractivity contribution is 0.661. The summed E-state index contributed by atoms with van der Waals surface area (Å²) in [6, 6.07) is 97.5. The van der Waals surface area contributed by atoms with Crippen molar-refractivity contribution >= 4 is 82.3 Å². The van der Waals surface area contributed by atoms with Gasteiger partial charge in [-0.25, -0.2) is 0 Å². The molecular formula is C76H49NOS2. The van der Waals surface area contributed by atoms with E-state index in [0.717, 1.165) is 50.1 Å². The van der Waals surface area contributed by atoms with E-state index in [1.807, 2.05) is 23.1 Å². The zero-order chi connectivity index (χ0) is 52.8. The van der Waals surface area contributed by atoms with E-state index in [4.69, 9.17) is 4.42 Å². The van der Waals surface area contributed by atoms with Crippen LogP contribution in [0.5, 0.6) is 0 Å². The minimum absolute atomic E-state index is 0.390. The summed E-state index contributed by atoms with van der Waals surface area (Å²) in [6.45, 7) is 4.88. The Morgan fingerprint density at radius 1 is 0.375 bits per heavy atom. The van der Waals surface area contributed by atoms with Crippen molar-refractivity contribution in [2.24, 2.45) is 0 Å². The number of hydrogen-bond acceptors (Lipinski definition) is 4. The Morgan fingerprint density at radius 3 is 1.79 bits per heavy atom. The number of para-hydroxylation sites is 1. The topological polar surface area (TPSA) is 16.4 Å². The largest absolute Gasteiger partial charge is 0.455 e. The number of furan rings is 1. The smallest absolute Gasteiger partial charge is 0.143 e. The molecule has 2 nitrogen and oxygen atoms in total. The van der Waals surface area contributed by atoms with Gasteiger partial charge in [-0.2, -0.15) is 0 Å². The molecule has 12 aromatic carbocycles. The van der Waals surface area contributed by atoms with Crippen LogP contribution in [0, 0.1) is 0 Å². The number of rotatable bonds is 6. The van der Waals surface area contributed by atoms with Crippen LogP contribution in [0.15, 0.2) is 275 Å². The fourth-order valence-corrected chi connectivity index (χ4v) is 16.8. The van der Waals surface area contributed by atoms with Crippen LogP contribution in [0.3, 0.4) is 0 Å². The SMILES string of the molecule is CC1(C)c2ccccc2-c2c(-c3cccc4c3Sc3ccccc3C43c4ccccc4-c4ccccc43)ccc(N(c3ccc4c(c3)sc3ccccc34)c3cc(-c4ccc(-c5ccccc5)cc4)c4oc5ccccc5c4c3)c21. The number of thiophene rings is 1. The molecule has 0 fully saturated rings. The minimum atomic E-state index is -0.488. The van der Waals surface area contributed by atoms with Crippen LogP contribution in [0.4, 0.5) is 17.1 Å². The molecule has 1 aliphatic heterocycles. The van der Waals surface area contributed by atoms with Crippen molar-refractivity contribution < 1.29 is 4.42 Å². The van der Waals surface area contributed by atoms with Crippen molar-refractivity contribution in [3.05, 3.63) is 294 Å². The van der Waals surface area contributed by atoms with Crippen molar-refractivity contribution in [1.82, 2.24) is 0 Å². The maximum absolute atomic E-state index is 6.93. The van der Waals surface area contributed by atoms with Crippen LogP contribution in [0.1, 0.15) is 47.2 Å². The first-order chi connectivity index (χ1) is 39.4. The number of benzene rings is 12. The van der Waals surface area contributed by atoms with Gasteiger partial charge in [0, 0.05) is 63.1 Å². The molecule has 0 amide bonds. The molecule has 0 radical (unpaired) electrons. The van der Waals surface area contributed by atoms with E-state index in [9.17, 15) is 0 Å². The van der Waals surface area contributed by atoms with Gasteiger partial charge < -0.3 is 9.32 Å². The fraction of sp³-hybridized carbons (Fsp3) is 0.0526. The third-order valence-electron chi connectivity index (χ3n) is 17.7. The maximum Gasteiger partial charge on any atom is 0.143 e. The van der Waals surface area contributed by atoms with Gasteiger partial charge in [0.25, 0.3) is 0 Å². The molecule has 2 aliphatic carbocycles. The molecule has 0 N–H and O–H groups in total. The average Bonchev–Trinajstić information content (AvgIpc) is 3.56. The van der Waals surface area contributed by atoms with Crippen LogP contribution < -0.4 is 4.90 Å². The third kappa shape index (κ3) is 6.37. The van der Waals surface area contributed by atoms with Gasteiger partial charge in [0.2, 0.25) is 0 Å². The standard InChI is InChI=1S/C76H49NOS2/c1-75(2)61-27-11-8-25-58(61)71-56(57-26-18-31-65-74(57)80-69-34-17-14-30-64(69)76(65)62-28-12-6-21-51(62)52-22-7-13-29-63(52)76)41-42-66(72(71)75)77(49-39-40-55-54-24-10-16-33-68(54)79-70(55)45-49)50-43-59(73-60(44-50)53-23-9-15-32-67(53)78-73)48-37-35-47(36-38-48)46-19-4-3-5-20-46/h3-45H,1-2H3. The Labute approximate surface area is 472 Å². The zero-order valence-corrected chi connectivity index (χ0v) is 45.6. The van der Waals surface area contributed by atoms with Crippen LogP contribution in [-0.4, -0.2) is 0 Å². The zero-order valence-electron chi connectivity index (χ0n) is 44.0. The third-order valence-corrected chi connectivity index (χ3v) is 20.1. The average molecular weight is 1060 g/mol. The summed E-state index contributed by atoms with van der Waals surface area (Å²) in [6.07, 6.45) is 0. The number of nitrogens with zero attached hydrogens (tertiary/aromatic N) is 1. The summed E-state index contributed by atoms with van der Waals surface area (Å²) >= 11 is 3.80. The molecule has 376 valence electrons. The number of fused-ring (bicyclic) bond motifs is 18. The molecule has 80 heavy (non-hydrogen) atoms. The van der Waals surface area contributed by atoms with Gasteiger partial charge in [0.15, 0.2) is 0 Å². The minimum Gasteiger partial charge on any atom is -0.455 e. The fourth-order valence-electron chi connectivity index (χ4n) is 14.3. The molecule has 4 heteroatoms. The van der Waals surface area contributed by atoms with E-state index < -0.39 is 5.41 Å². The molecule has 0 atom stereocenters. The number of anilines is 3. The highest BCUT2D eigenvalue weighted by Gasteiger charge is 2.51. The molecule has 1 spiro atoms. The van der Waals surface area contributed by atoms with Crippen LogP contribution in [0.25, 0.3) is 97.7 Å². The molecule has 3 heterocycles. The maximum atomic E-state index is 6.93. The predicted molar refractivity (Wildman–Crippen MR) is 337 cm³/mol. The second-order valence-electron chi connectivity index (χ2n) is 22.2. The van der Waals surface area contributed by atoms with Crippen molar-refractivity contribution in [1.29, 1.82) is 0 Å². The molecule has 2 aromatic heterocycles. The summed E-state index contributed by atoms with van der Waals surface area (Å²) in [7, 11) is 0. The first-order valence-electron chi connectivity index (χ1n) is 27.6. The van der Waals surface area contributed by atoms with Crippen LogP contribution in [-0.2, 0) is 10.8 Å². The lowest BCUT2D eigenvalue weighted by Crippen LogP contribution is -2.32. The normalized spacial score (nSPS) is 14.0. The Balaban J connectivity index is 0.944. The predicted octanol–water partition coefficient (Wildman–Crippen LogP) is 21.6. The van der Waals surface area contributed by atoms with Gasteiger partial charge in [0.05, 0.1) is 11.1 Å². The van der Waals surface area contributed by atoms with Crippen molar-refractivity contribution in [2.75, 3.05) is 4.90 Å². The molecule has 0 saturated heterocycles. The lowest BCUT2D eigenvalue weighted by atomic mass is 9.67. The Bertz CT molecular complexity index is 4860. The molecule has 14 aromatic rings. The van der Waals surface area contributed by atoms with Gasteiger partial charge >= 0.3 is 0 Å². The second kappa shape index (κ2) is 17.2. The number of hydrogen-bond donors (Lipinski definition) is 0. The first-order valence-corrected chi connectivity index (χ1v) is 29.3. The monoisotopic (exact) mass is 1060 g/mol. The first kappa shape index (κ1) is 45.8. The highest BCUT2D eigenvalue weighted by Crippen LogP contribution is 2.65. The summed E-state index contributed by atoms with van der Waals surface area (Å²) in [5, 5.41) is 4.74. The Hall–Kier alpha value is -9.19. The quantitative estimate of drug-likeness (QED) is 0.165. The summed E-state index contributed by atoms with van der Waals surface area (Å²) in [5.41, 5.74) is 24.4. The van der Waals surface area contributed by atoms with Gasteiger partial charge in [-0.3, -0.25) is 0 Å². The van der Waals surface area contributed by atoms with Gasteiger partial charge in [-0.15, -0.1) is 11.3 Å². The molecule has 0 unspecified atom stereocenters. The highest BCUT2D eigenvalue weighted by atomic mass is 32.2. The molecule has 17 rings (SSSR count).